The van der Waals surface area contributed by atoms with E-state index >= 15 is 0 Å². The van der Waals surface area contributed by atoms with Crippen molar-refractivity contribution in [1.29, 1.82) is 0 Å². The first-order chi connectivity index (χ1) is 9.51. The molecule has 0 aliphatic heterocycles. The van der Waals surface area contributed by atoms with Crippen molar-refractivity contribution in [3.63, 3.8) is 0 Å². The van der Waals surface area contributed by atoms with Crippen LogP contribution in [0.25, 0.3) is 0 Å². The van der Waals surface area contributed by atoms with E-state index in [1.807, 2.05) is 37.4 Å². The molecule has 2 rings (SSSR count). The number of carbonyl (C=O) groups excluding carboxylic acids is 1. The highest BCUT2D eigenvalue weighted by Crippen LogP contribution is 2.24. The van der Waals surface area contributed by atoms with Gasteiger partial charge in [0.05, 0.1) is 4.88 Å². The molecule has 0 spiro atoms. The molecular weight excluding hydrogens is 334 g/mol. The van der Waals surface area contributed by atoms with Gasteiger partial charge in [0.25, 0.3) is 5.91 Å². The third-order valence-electron chi connectivity index (χ3n) is 3.23. The smallest absolute Gasteiger partial charge is 0.263 e. The fraction of sp³-hybridized carbons (Fsp3) is 0.312. The summed E-state index contributed by atoms with van der Waals surface area (Å²) in [7, 11) is 1.85. The summed E-state index contributed by atoms with van der Waals surface area (Å²) in [4.78, 5) is 16.3. The largest absolute Gasteiger partial charge is 0.337 e. The van der Waals surface area contributed by atoms with Crippen LogP contribution in [0.2, 0.25) is 0 Å². The molecule has 0 aliphatic rings. The summed E-state index contributed by atoms with van der Waals surface area (Å²) in [6, 6.07) is 10.1. The molecule has 1 amide bonds. The topological polar surface area (TPSA) is 20.3 Å². The minimum Gasteiger partial charge on any atom is -0.337 e. The normalized spacial score (nSPS) is 10.6. The maximum Gasteiger partial charge on any atom is 0.263 e. The van der Waals surface area contributed by atoms with E-state index in [1.54, 1.807) is 16.2 Å². The van der Waals surface area contributed by atoms with Crippen LogP contribution in [0.4, 0.5) is 0 Å². The summed E-state index contributed by atoms with van der Waals surface area (Å²) in [5.41, 5.74) is 2.35. The fourth-order valence-corrected chi connectivity index (χ4v) is 3.47. The van der Waals surface area contributed by atoms with Crippen molar-refractivity contribution in [1.82, 2.24) is 4.90 Å². The van der Waals surface area contributed by atoms with Gasteiger partial charge in [0, 0.05) is 22.9 Å². The Hall–Kier alpha value is -1.13. The second kappa shape index (κ2) is 6.55. The van der Waals surface area contributed by atoms with E-state index in [0.29, 0.717) is 6.54 Å². The number of hydrogen-bond donors (Lipinski definition) is 0. The molecule has 1 aromatic carbocycles. The van der Waals surface area contributed by atoms with E-state index in [-0.39, 0.29) is 5.91 Å². The predicted octanol–water partition coefficient (Wildman–Crippen LogP) is 4.65. The number of aryl methyl sites for hydroxylation is 2. The van der Waals surface area contributed by atoms with Crippen molar-refractivity contribution in [2.45, 2.75) is 26.8 Å². The van der Waals surface area contributed by atoms with Crippen LogP contribution in [0.3, 0.4) is 0 Å². The van der Waals surface area contributed by atoms with Crippen LogP contribution in [0.1, 0.15) is 32.6 Å². The summed E-state index contributed by atoms with van der Waals surface area (Å²) in [5.74, 6) is 0.0979. The maximum atomic E-state index is 12.4. The fourth-order valence-electron chi connectivity index (χ4n) is 2.10. The van der Waals surface area contributed by atoms with Crippen LogP contribution in [0.15, 0.2) is 34.8 Å². The Morgan fingerprint density at radius 1 is 1.30 bits per heavy atom. The molecule has 0 unspecified atom stereocenters. The zero-order chi connectivity index (χ0) is 14.7. The Morgan fingerprint density at radius 2 is 1.95 bits per heavy atom. The number of rotatable bonds is 4. The monoisotopic (exact) mass is 351 g/mol. The molecule has 0 bridgehead atoms. The third-order valence-corrected chi connectivity index (χ3v) is 5.13. The van der Waals surface area contributed by atoms with Gasteiger partial charge in [0.1, 0.15) is 0 Å². The van der Waals surface area contributed by atoms with E-state index in [9.17, 15) is 4.79 Å². The molecule has 20 heavy (non-hydrogen) atoms. The van der Waals surface area contributed by atoms with Crippen LogP contribution in [0, 0.1) is 6.92 Å². The second-order valence-electron chi connectivity index (χ2n) is 4.86. The average Bonchev–Trinajstić information content (AvgIpc) is 2.81. The lowest BCUT2D eigenvalue weighted by molar-refractivity contribution is 0.0790. The molecule has 0 radical (unpaired) electrons. The van der Waals surface area contributed by atoms with Crippen LogP contribution in [0.5, 0.6) is 0 Å². The molecule has 0 saturated heterocycles. The highest BCUT2D eigenvalue weighted by Gasteiger charge is 2.16. The van der Waals surface area contributed by atoms with Crippen LogP contribution < -0.4 is 0 Å². The van der Waals surface area contributed by atoms with E-state index in [1.165, 1.54) is 10.4 Å². The Morgan fingerprint density at radius 3 is 2.50 bits per heavy atom. The Kier molecular flexibility index (Phi) is 5.00. The van der Waals surface area contributed by atoms with Crippen molar-refractivity contribution in [2.24, 2.45) is 0 Å². The van der Waals surface area contributed by atoms with Crippen molar-refractivity contribution in [2.75, 3.05) is 7.05 Å². The van der Waals surface area contributed by atoms with Gasteiger partial charge in [-0.1, -0.05) is 35.0 Å². The van der Waals surface area contributed by atoms with Gasteiger partial charge >= 0.3 is 0 Å². The van der Waals surface area contributed by atoms with Gasteiger partial charge in [-0.25, -0.2) is 0 Å². The number of nitrogens with zero attached hydrogens (tertiary/aromatic N) is 1. The van der Waals surface area contributed by atoms with Crippen molar-refractivity contribution in [3.05, 3.63) is 55.7 Å². The third kappa shape index (κ3) is 3.49. The first-order valence-corrected chi connectivity index (χ1v) is 8.21. The summed E-state index contributed by atoms with van der Waals surface area (Å²) >= 11 is 5.03. The standard InChI is InChI=1S/C16H18BrNOS/c1-4-14-11(2)9-15(20-14)16(19)18(3)10-12-5-7-13(17)8-6-12/h5-9H,4,10H2,1-3H3. The van der Waals surface area contributed by atoms with Crippen molar-refractivity contribution in [3.8, 4) is 0 Å². The quantitative estimate of drug-likeness (QED) is 0.784. The molecule has 2 aromatic rings. The first kappa shape index (κ1) is 15.3. The highest BCUT2D eigenvalue weighted by atomic mass is 79.9. The predicted molar refractivity (Wildman–Crippen MR) is 88.4 cm³/mol. The van der Waals surface area contributed by atoms with Gasteiger partial charge < -0.3 is 4.90 Å². The van der Waals surface area contributed by atoms with Crippen molar-refractivity contribution < 1.29 is 4.79 Å². The second-order valence-corrected chi connectivity index (χ2v) is 6.91. The molecule has 1 aromatic heterocycles. The average molecular weight is 352 g/mol. The molecule has 0 N–H and O–H groups in total. The van der Waals surface area contributed by atoms with Gasteiger partial charge in [-0.05, 0) is 42.7 Å². The highest BCUT2D eigenvalue weighted by molar-refractivity contribution is 9.10. The van der Waals surface area contributed by atoms with E-state index in [0.717, 1.165) is 21.3 Å². The molecular formula is C16H18BrNOS. The van der Waals surface area contributed by atoms with Gasteiger partial charge in [0.15, 0.2) is 0 Å². The number of benzene rings is 1. The van der Waals surface area contributed by atoms with Crippen LogP contribution in [-0.2, 0) is 13.0 Å². The van der Waals surface area contributed by atoms with Gasteiger partial charge in [0.2, 0.25) is 0 Å². The molecule has 4 heteroatoms. The minimum atomic E-state index is 0.0979. The zero-order valence-corrected chi connectivity index (χ0v) is 14.3. The lowest BCUT2D eigenvalue weighted by Crippen LogP contribution is -2.25. The van der Waals surface area contributed by atoms with E-state index in [2.05, 4.69) is 29.8 Å². The number of carbonyl (C=O) groups is 1. The summed E-state index contributed by atoms with van der Waals surface area (Å²) in [6.07, 6.45) is 0.986. The molecule has 0 aliphatic carbocycles. The SMILES string of the molecule is CCc1sc(C(=O)N(C)Cc2ccc(Br)cc2)cc1C. The minimum absolute atomic E-state index is 0.0979. The Labute approximate surface area is 132 Å². The first-order valence-electron chi connectivity index (χ1n) is 6.60. The summed E-state index contributed by atoms with van der Waals surface area (Å²) in [6.45, 7) is 4.82. The summed E-state index contributed by atoms with van der Waals surface area (Å²) in [5, 5.41) is 0. The zero-order valence-electron chi connectivity index (χ0n) is 11.9. The number of thiophene rings is 1. The Balaban J connectivity index is 2.09. The van der Waals surface area contributed by atoms with E-state index in [4.69, 9.17) is 0 Å². The van der Waals surface area contributed by atoms with E-state index < -0.39 is 0 Å². The molecule has 106 valence electrons. The van der Waals surface area contributed by atoms with Crippen LogP contribution in [-0.4, -0.2) is 17.9 Å². The lowest BCUT2D eigenvalue weighted by Gasteiger charge is -2.16. The molecule has 0 saturated carbocycles. The molecule has 2 nitrogen and oxygen atoms in total. The van der Waals surface area contributed by atoms with Crippen molar-refractivity contribution >= 4 is 33.2 Å². The van der Waals surface area contributed by atoms with Gasteiger partial charge in [-0.2, -0.15) is 0 Å². The molecule has 0 fully saturated rings. The Bertz CT molecular complexity index is 603. The van der Waals surface area contributed by atoms with Gasteiger partial charge in [-0.3, -0.25) is 4.79 Å². The van der Waals surface area contributed by atoms with Crippen LogP contribution >= 0.6 is 27.3 Å². The summed E-state index contributed by atoms with van der Waals surface area (Å²) < 4.78 is 1.05. The number of amides is 1. The molecule has 0 atom stereocenters. The maximum absolute atomic E-state index is 12.4. The molecule has 1 heterocycles. The van der Waals surface area contributed by atoms with Gasteiger partial charge in [-0.15, -0.1) is 11.3 Å². The number of hydrogen-bond acceptors (Lipinski definition) is 2. The number of halogens is 1. The lowest BCUT2D eigenvalue weighted by atomic mass is 10.2.